The van der Waals surface area contributed by atoms with Gasteiger partial charge in [0.25, 0.3) is 0 Å². The number of pyridine rings is 2. The lowest BCUT2D eigenvalue weighted by atomic mass is 10.0. The van der Waals surface area contributed by atoms with Crippen LogP contribution in [0.2, 0.25) is 0 Å². The van der Waals surface area contributed by atoms with Crippen LogP contribution in [0, 0.1) is 0 Å². The lowest BCUT2D eigenvalue weighted by molar-refractivity contribution is 0.102. The van der Waals surface area contributed by atoms with Crippen molar-refractivity contribution in [2.24, 2.45) is 0 Å². The number of ketones is 1. The van der Waals surface area contributed by atoms with Gasteiger partial charge >= 0.3 is 0 Å². The summed E-state index contributed by atoms with van der Waals surface area (Å²) in [5.41, 5.74) is 2.25. The van der Waals surface area contributed by atoms with Gasteiger partial charge in [-0.15, -0.1) is 0 Å². The molecule has 1 aromatic carbocycles. The van der Waals surface area contributed by atoms with Gasteiger partial charge < -0.3 is 0 Å². The third kappa shape index (κ3) is 1.66. The molecule has 0 saturated heterocycles. The van der Waals surface area contributed by atoms with Crippen molar-refractivity contribution < 1.29 is 4.79 Å². The molecule has 0 aliphatic heterocycles. The predicted octanol–water partition coefficient (Wildman–Crippen LogP) is 2.90. The topological polar surface area (TPSA) is 42.9 Å². The van der Waals surface area contributed by atoms with Crippen LogP contribution in [0.3, 0.4) is 0 Å². The third-order valence-corrected chi connectivity index (χ3v) is 3.19. The van der Waals surface area contributed by atoms with Crippen LogP contribution in [0.5, 0.6) is 0 Å². The standard InChI is InChI=1S/C14H10N2OS/c17-12(8-18)11-7-9-3-1-5-15-13(9)14-10(11)4-2-6-16-14/h1-7,18H,8H2. The van der Waals surface area contributed by atoms with E-state index in [1.165, 1.54) is 0 Å². The molecule has 88 valence electrons. The SMILES string of the molecule is O=C(CS)c1cc2cccnc2c2ncccc12. The van der Waals surface area contributed by atoms with Gasteiger partial charge in [0.1, 0.15) is 0 Å². The van der Waals surface area contributed by atoms with Crippen LogP contribution in [0.1, 0.15) is 10.4 Å². The van der Waals surface area contributed by atoms with Crippen molar-refractivity contribution in [2.45, 2.75) is 0 Å². The number of carbonyl (C=O) groups is 1. The molecule has 2 heterocycles. The van der Waals surface area contributed by atoms with Gasteiger partial charge in [-0.25, -0.2) is 0 Å². The van der Waals surface area contributed by atoms with E-state index in [0.29, 0.717) is 5.56 Å². The number of fused-ring (bicyclic) bond motifs is 3. The fourth-order valence-electron chi connectivity index (χ4n) is 2.09. The van der Waals surface area contributed by atoms with E-state index in [9.17, 15) is 4.79 Å². The molecule has 0 radical (unpaired) electrons. The second-order valence-corrected chi connectivity index (χ2v) is 4.30. The average molecular weight is 254 g/mol. The van der Waals surface area contributed by atoms with Crippen LogP contribution < -0.4 is 0 Å². The number of benzene rings is 1. The van der Waals surface area contributed by atoms with Crippen LogP contribution in [0.15, 0.2) is 42.7 Å². The van der Waals surface area contributed by atoms with Gasteiger partial charge in [0.2, 0.25) is 0 Å². The second kappa shape index (κ2) is 4.38. The van der Waals surface area contributed by atoms with Crippen molar-refractivity contribution in [3.05, 3.63) is 48.3 Å². The van der Waals surface area contributed by atoms with Gasteiger partial charge in [0, 0.05) is 28.7 Å². The van der Waals surface area contributed by atoms with Gasteiger partial charge in [0.15, 0.2) is 5.78 Å². The molecule has 0 atom stereocenters. The van der Waals surface area contributed by atoms with E-state index in [1.807, 2.05) is 30.3 Å². The minimum absolute atomic E-state index is 0.00193. The first kappa shape index (κ1) is 11.2. The number of carbonyl (C=O) groups excluding carboxylic acids is 1. The summed E-state index contributed by atoms with van der Waals surface area (Å²) in [7, 11) is 0. The zero-order chi connectivity index (χ0) is 12.5. The van der Waals surface area contributed by atoms with Gasteiger partial charge in [-0.2, -0.15) is 12.6 Å². The highest BCUT2D eigenvalue weighted by Gasteiger charge is 2.12. The van der Waals surface area contributed by atoms with E-state index in [0.717, 1.165) is 21.8 Å². The number of rotatable bonds is 2. The van der Waals surface area contributed by atoms with Crippen molar-refractivity contribution in [2.75, 3.05) is 5.75 Å². The minimum atomic E-state index is 0.00193. The highest BCUT2D eigenvalue weighted by molar-refractivity contribution is 7.81. The molecule has 0 saturated carbocycles. The number of aromatic nitrogens is 2. The Balaban J connectivity index is 2.50. The normalized spacial score (nSPS) is 10.9. The number of hydrogen-bond donors (Lipinski definition) is 1. The summed E-state index contributed by atoms with van der Waals surface area (Å²) < 4.78 is 0. The number of thiol groups is 1. The third-order valence-electron chi connectivity index (χ3n) is 2.90. The summed E-state index contributed by atoms with van der Waals surface area (Å²) in [5.74, 6) is 0.192. The van der Waals surface area contributed by atoms with Crippen LogP contribution in [0.25, 0.3) is 21.8 Å². The van der Waals surface area contributed by atoms with Gasteiger partial charge in [-0.3, -0.25) is 14.8 Å². The zero-order valence-electron chi connectivity index (χ0n) is 9.50. The number of hydrogen-bond acceptors (Lipinski definition) is 4. The molecule has 0 unspecified atom stereocenters. The molecule has 0 bridgehead atoms. The molecule has 0 aliphatic carbocycles. The molecule has 3 rings (SSSR count). The fourth-order valence-corrected chi connectivity index (χ4v) is 2.26. The molecule has 4 heteroatoms. The van der Waals surface area contributed by atoms with E-state index in [4.69, 9.17) is 0 Å². The van der Waals surface area contributed by atoms with Crippen LogP contribution >= 0.6 is 12.6 Å². The molecule has 2 aromatic heterocycles. The first-order valence-electron chi connectivity index (χ1n) is 5.58. The Morgan fingerprint density at radius 3 is 2.61 bits per heavy atom. The highest BCUT2D eigenvalue weighted by Crippen LogP contribution is 2.25. The van der Waals surface area contributed by atoms with Crippen molar-refractivity contribution in [3.63, 3.8) is 0 Å². The highest BCUT2D eigenvalue weighted by atomic mass is 32.1. The lowest BCUT2D eigenvalue weighted by Gasteiger charge is -2.07. The van der Waals surface area contributed by atoms with E-state index in [-0.39, 0.29) is 11.5 Å². The summed E-state index contributed by atoms with van der Waals surface area (Å²) in [6.07, 6.45) is 3.45. The number of nitrogens with zero attached hydrogens (tertiary/aromatic N) is 2. The summed E-state index contributed by atoms with van der Waals surface area (Å²) >= 11 is 4.06. The zero-order valence-corrected chi connectivity index (χ0v) is 10.4. The predicted molar refractivity (Wildman–Crippen MR) is 75.2 cm³/mol. The molecule has 3 aromatic rings. The largest absolute Gasteiger partial charge is 0.293 e. The first-order valence-corrected chi connectivity index (χ1v) is 6.21. The Labute approximate surface area is 109 Å². The maximum atomic E-state index is 11.9. The van der Waals surface area contributed by atoms with Crippen LogP contribution in [0.4, 0.5) is 0 Å². The van der Waals surface area contributed by atoms with Crippen molar-refractivity contribution >= 4 is 40.2 Å². The van der Waals surface area contributed by atoms with Crippen molar-refractivity contribution in [1.82, 2.24) is 9.97 Å². The maximum absolute atomic E-state index is 11.9. The molecule has 0 fully saturated rings. The Bertz CT molecular complexity index is 755. The molecular formula is C14H10N2OS. The van der Waals surface area contributed by atoms with Gasteiger partial charge in [-0.1, -0.05) is 12.1 Å². The van der Waals surface area contributed by atoms with Crippen LogP contribution in [-0.2, 0) is 0 Å². The molecule has 18 heavy (non-hydrogen) atoms. The summed E-state index contributed by atoms with van der Waals surface area (Å²) in [4.78, 5) is 20.6. The minimum Gasteiger partial charge on any atom is -0.293 e. The molecular weight excluding hydrogens is 244 g/mol. The van der Waals surface area contributed by atoms with E-state index >= 15 is 0 Å². The molecule has 0 spiro atoms. The Morgan fingerprint density at radius 1 is 1.11 bits per heavy atom. The smallest absolute Gasteiger partial charge is 0.173 e. The molecule has 0 N–H and O–H groups in total. The Kier molecular flexibility index (Phi) is 2.72. The van der Waals surface area contributed by atoms with Gasteiger partial charge in [-0.05, 0) is 18.2 Å². The number of Topliss-reactive ketones (excluding diaryl/α,β-unsaturated/α-hetero) is 1. The monoisotopic (exact) mass is 254 g/mol. The summed E-state index contributed by atoms with van der Waals surface area (Å²) in [5, 5.41) is 1.76. The molecule has 0 aliphatic rings. The molecule has 3 nitrogen and oxygen atoms in total. The summed E-state index contributed by atoms with van der Waals surface area (Å²) in [6, 6.07) is 9.38. The van der Waals surface area contributed by atoms with Gasteiger partial charge in [0.05, 0.1) is 16.8 Å². The average Bonchev–Trinajstić information content (AvgIpc) is 2.45. The van der Waals surface area contributed by atoms with Crippen molar-refractivity contribution in [3.8, 4) is 0 Å². The molecule has 0 amide bonds. The van der Waals surface area contributed by atoms with Crippen molar-refractivity contribution in [1.29, 1.82) is 0 Å². The van der Waals surface area contributed by atoms with E-state index in [2.05, 4.69) is 22.6 Å². The summed E-state index contributed by atoms with van der Waals surface area (Å²) in [6.45, 7) is 0. The quantitative estimate of drug-likeness (QED) is 0.434. The maximum Gasteiger partial charge on any atom is 0.173 e. The van der Waals surface area contributed by atoms with Crippen LogP contribution in [-0.4, -0.2) is 21.5 Å². The van der Waals surface area contributed by atoms with E-state index in [1.54, 1.807) is 12.4 Å². The Hall–Kier alpha value is -1.94. The first-order chi connectivity index (χ1) is 8.81. The second-order valence-electron chi connectivity index (χ2n) is 3.98. The Morgan fingerprint density at radius 2 is 1.83 bits per heavy atom. The van der Waals surface area contributed by atoms with E-state index < -0.39 is 0 Å². The fraction of sp³-hybridized carbons (Fsp3) is 0.0714. The lowest BCUT2D eigenvalue weighted by Crippen LogP contribution is -2.02.